The minimum Gasteiger partial charge on any atom is -0.480 e. The maximum absolute atomic E-state index is 12.4. The van der Waals surface area contributed by atoms with E-state index in [0.717, 1.165) is 12.1 Å². The first-order valence-electron chi connectivity index (χ1n) is 6.24. The minimum absolute atomic E-state index is 0.0452. The second-order valence-electron chi connectivity index (χ2n) is 4.51. The van der Waals surface area contributed by atoms with Gasteiger partial charge in [0.25, 0.3) is 11.6 Å². The number of hydrogen-bond acceptors (Lipinski definition) is 4. The molecule has 1 amide bonds. The third-order valence-corrected chi connectivity index (χ3v) is 3.40. The number of carbonyl (C=O) groups excluding carboxylic acids is 1. The van der Waals surface area contributed by atoms with Crippen LogP contribution in [0.4, 0.5) is 5.69 Å². The average Bonchev–Trinajstić information content (AvgIpc) is 2.42. The quantitative estimate of drug-likeness (QED) is 0.642. The third-order valence-electron chi connectivity index (χ3n) is 3.08. The standard InChI is InChI=1S/C13H15ClN2O5/c1-3-8(2)15(7-12(17)18)13(19)10-5-4-9(16(20)21)6-11(10)14/h4-6,8H,3,7H2,1-2H3,(H,17,18). The third kappa shape index (κ3) is 4.16. The van der Waals surface area contributed by atoms with Crippen LogP contribution in [0.5, 0.6) is 0 Å². The van der Waals surface area contributed by atoms with Crippen molar-refractivity contribution in [2.45, 2.75) is 26.3 Å². The van der Waals surface area contributed by atoms with E-state index in [9.17, 15) is 19.7 Å². The number of aliphatic carboxylic acids is 1. The molecule has 0 aliphatic rings. The van der Waals surface area contributed by atoms with Crippen molar-refractivity contribution in [3.63, 3.8) is 0 Å². The van der Waals surface area contributed by atoms with E-state index in [1.165, 1.54) is 11.0 Å². The molecule has 0 aliphatic carbocycles. The molecule has 0 heterocycles. The molecule has 1 aromatic rings. The molecule has 1 atom stereocenters. The van der Waals surface area contributed by atoms with Crippen molar-refractivity contribution in [2.24, 2.45) is 0 Å². The number of nitrogens with zero attached hydrogens (tertiary/aromatic N) is 2. The van der Waals surface area contributed by atoms with Gasteiger partial charge < -0.3 is 10.0 Å². The number of halogens is 1. The number of non-ortho nitro benzene ring substituents is 1. The van der Waals surface area contributed by atoms with Gasteiger partial charge in [-0.05, 0) is 19.4 Å². The number of hydrogen-bond donors (Lipinski definition) is 1. The number of benzene rings is 1. The largest absolute Gasteiger partial charge is 0.480 e. The normalized spacial score (nSPS) is 11.8. The molecule has 1 unspecified atom stereocenters. The van der Waals surface area contributed by atoms with Crippen molar-refractivity contribution in [2.75, 3.05) is 6.54 Å². The average molecular weight is 315 g/mol. The molecule has 0 radical (unpaired) electrons. The summed E-state index contributed by atoms with van der Waals surface area (Å²) < 4.78 is 0. The SMILES string of the molecule is CCC(C)N(CC(=O)O)C(=O)c1ccc([N+](=O)[O-])cc1Cl. The molecule has 8 heteroatoms. The van der Waals surface area contributed by atoms with Crippen LogP contribution in [0.3, 0.4) is 0 Å². The molecule has 0 aromatic heterocycles. The highest BCUT2D eigenvalue weighted by molar-refractivity contribution is 6.34. The molecule has 0 bridgehead atoms. The van der Waals surface area contributed by atoms with Crippen molar-refractivity contribution >= 4 is 29.2 Å². The van der Waals surface area contributed by atoms with Crippen molar-refractivity contribution in [1.82, 2.24) is 4.90 Å². The van der Waals surface area contributed by atoms with Crippen LogP contribution in [-0.2, 0) is 4.79 Å². The van der Waals surface area contributed by atoms with E-state index < -0.39 is 23.3 Å². The highest BCUT2D eigenvalue weighted by atomic mass is 35.5. The van der Waals surface area contributed by atoms with Gasteiger partial charge in [0.05, 0.1) is 15.5 Å². The Labute approximate surface area is 126 Å². The summed E-state index contributed by atoms with van der Waals surface area (Å²) in [6.45, 7) is 3.09. The topological polar surface area (TPSA) is 101 Å². The lowest BCUT2D eigenvalue weighted by Gasteiger charge is -2.27. The van der Waals surface area contributed by atoms with Crippen LogP contribution in [-0.4, -0.2) is 39.4 Å². The second kappa shape index (κ2) is 7.03. The van der Waals surface area contributed by atoms with Gasteiger partial charge in [0.1, 0.15) is 6.54 Å². The van der Waals surface area contributed by atoms with E-state index in [1.54, 1.807) is 6.92 Å². The van der Waals surface area contributed by atoms with E-state index in [-0.39, 0.29) is 22.3 Å². The van der Waals surface area contributed by atoms with E-state index in [0.29, 0.717) is 6.42 Å². The van der Waals surface area contributed by atoms with Gasteiger partial charge in [-0.2, -0.15) is 0 Å². The minimum atomic E-state index is -1.14. The fourth-order valence-electron chi connectivity index (χ4n) is 1.74. The smallest absolute Gasteiger partial charge is 0.323 e. The lowest BCUT2D eigenvalue weighted by molar-refractivity contribution is -0.384. The van der Waals surface area contributed by atoms with Crippen LogP contribution in [0.2, 0.25) is 5.02 Å². The van der Waals surface area contributed by atoms with Crippen LogP contribution >= 0.6 is 11.6 Å². The van der Waals surface area contributed by atoms with Gasteiger partial charge in [-0.25, -0.2) is 0 Å². The summed E-state index contributed by atoms with van der Waals surface area (Å²) in [5.74, 6) is -1.70. The summed E-state index contributed by atoms with van der Waals surface area (Å²) >= 11 is 5.90. The Bertz CT molecular complexity index is 576. The highest BCUT2D eigenvalue weighted by Crippen LogP contribution is 2.24. The molecular formula is C13H15ClN2O5. The first kappa shape index (κ1) is 16.9. The summed E-state index contributed by atoms with van der Waals surface area (Å²) in [5, 5.41) is 19.5. The first-order chi connectivity index (χ1) is 9.77. The van der Waals surface area contributed by atoms with Gasteiger partial charge in [0.2, 0.25) is 0 Å². The fraction of sp³-hybridized carbons (Fsp3) is 0.385. The predicted molar refractivity (Wildman–Crippen MR) is 76.5 cm³/mol. The van der Waals surface area contributed by atoms with Crippen LogP contribution in [0, 0.1) is 10.1 Å². The van der Waals surface area contributed by atoms with Gasteiger partial charge in [-0.1, -0.05) is 18.5 Å². The zero-order valence-corrected chi connectivity index (χ0v) is 12.3. The first-order valence-corrected chi connectivity index (χ1v) is 6.62. The zero-order valence-electron chi connectivity index (χ0n) is 11.6. The molecule has 1 N–H and O–H groups in total. The Morgan fingerprint density at radius 2 is 2.10 bits per heavy atom. The van der Waals surface area contributed by atoms with Crippen LogP contribution < -0.4 is 0 Å². The van der Waals surface area contributed by atoms with Gasteiger partial charge >= 0.3 is 5.97 Å². The summed E-state index contributed by atoms with van der Waals surface area (Å²) in [6, 6.07) is 3.18. The Hall–Kier alpha value is -2.15. The number of carboxylic acid groups (broad SMARTS) is 1. The van der Waals surface area contributed by atoms with Crippen LogP contribution in [0.15, 0.2) is 18.2 Å². The van der Waals surface area contributed by atoms with E-state index in [2.05, 4.69) is 0 Å². The van der Waals surface area contributed by atoms with Gasteiger partial charge in [0, 0.05) is 18.2 Å². The molecule has 0 saturated heterocycles. The maximum atomic E-state index is 12.4. The summed E-state index contributed by atoms with van der Waals surface area (Å²) in [4.78, 5) is 34.5. The molecule has 1 aromatic carbocycles. The number of nitro benzene ring substituents is 1. The van der Waals surface area contributed by atoms with Crippen LogP contribution in [0.1, 0.15) is 30.6 Å². The Kier molecular flexibility index (Phi) is 5.66. The van der Waals surface area contributed by atoms with E-state index >= 15 is 0 Å². The summed E-state index contributed by atoms with van der Waals surface area (Å²) in [6.07, 6.45) is 0.573. The number of amides is 1. The van der Waals surface area contributed by atoms with E-state index in [1.807, 2.05) is 6.92 Å². The van der Waals surface area contributed by atoms with Crippen molar-refractivity contribution < 1.29 is 19.6 Å². The Balaban J connectivity index is 3.14. The lowest BCUT2D eigenvalue weighted by Crippen LogP contribution is -2.41. The highest BCUT2D eigenvalue weighted by Gasteiger charge is 2.25. The molecule has 114 valence electrons. The molecule has 0 fully saturated rings. The monoisotopic (exact) mass is 314 g/mol. The molecule has 0 spiro atoms. The number of carbonyl (C=O) groups is 2. The Morgan fingerprint density at radius 1 is 1.48 bits per heavy atom. The predicted octanol–water partition coefficient (Wildman–Crippen LogP) is 2.57. The summed E-state index contributed by atoms with van der Waals surface area (Å²) in [7, 11) is 0. The molecule has 21 heavy (non-hydrogen) atoms. The van der Waals surface area contributed by atoms with Crippen molar-refractivity contribution in [1.29, 1.82) is 0 Å². The second-order valence-corrected chi connectivity index (χ2v) is 4.91. The number of nitro groups is 1. The Morgan fingerprint density at radius 3 is 2.52 bits per heavy atom. The summed E-state index contributed by atoms with van der Waals surface area (Å²) in [5.41, 5.74) is -0.186. The molecule has 1 rings (SSSR count). The van der Waals surface area contributed by atoms with Gasteiger partial charge in [0.15, 0.2) is 0 Å². The lowest BCUT2D eigenvalue weighted by atomic mass is 10.1. The van der Waals surface area contributed by atoms with Crippen LogP contribution in [0.25, 0.3) is 0 Å². The fourth-order valence-corrected chi connectivity index (χ4v) is 2.00. The molecule has 0 aliphatic heterocycles. The van der Waals surface area contributed by atoms with Gasteiger partial charge in [-0.15, -0.1) is 0 Å². The van der Waals surface area contributed by atoms with Crippen molar-refractivity contribution in [3.05, 3.63) is 38.9 Å². The molecule has 7 nitrogen and oxygen atoms in total. The van der Waals surface area contributed by atoms with Crippen molar-refractivity contribution in [3.8, 4) is 0 Å². The number of rotatable bonds is 6. The maximum Gasteiger partial charge on any atom is 0.323 e. The van der Waals surface area contributed by atoms with E-state index in [4.69, 9.17) is 16.7 Å². The van der Waals surface area contributed by atoms with Gasteiger partial charge in [-0.3, -0.25) is 19.7 Å². The molecular weight excluding hydrogens is 300 g/mol. The number of carboxylic acids is 1. The molecule has 0 saturated carbocycles. The zero-order chi connectivity index (χ0) is 16.2.